The molecule has 0 fully saturated rings. The van der Waals surface area contributed by atoms with Crippen LogP contribution < -0.4 is 10.6 Å². The van der Waals surface area contributed by atoms with Gasteiger partial charge in [0.15, 0.2) is 0 Å². The van der Waals surface area contributed by atoms with Crippen molar-refractivity contribution >= 4 is 12.0 Å². The molecule has 0 aliphatic heterocycles. The Morgan fingerprint density at radius 1 is 1.35 bits per heavy atom. The molecule has 6 nitrogen and oxygen atoms in total. The molecule has 17 heavy (non-hydrogen) atoms. The fraction of sp³-hybridized carbons (Fsp3) is 0.818. The molecule has 0 aliphatic rings. The van der Waals surface area contributed by atoms with E-state index in [1.165, 1.54) is 0 Å². The van der Waals surface area contributed by atoms with E-state index in [0.717, 1.165) is 0 Å². The largest absolute Gasteiger partial charge is 0.481 e. The van der Waals surface area contributed by atoms with E-state index in [4.69, 9.17) is 5.11 Å². The van der Waals surface area contributed by atoms with Crippen molar-refractivity contribution in [1.82, 2.24) is 15.5 Å². The molecule has 0 aliphatic carbocycles. The first-order chi connectivity index (χ1) is 7.86. The molecule has 0 radical (unpaired) electrons. The average molecular weight is 245 g/mol. The van der Waals surface area contributed by atoms with Gasteiger partial charge in [0.2, 0.25) is 0 Å². The number of nitrogens with one attached hydrogen (secondary N) is 2. The van der Waals surface area contributed by atoms with E-state index in [1.54, 1.807) is 0 Å². The van der Waals surface area contributed by atoms with Crippen LogP contribution in [-0.4, -0.2) is 54.7 Å². The summed E-state index contributed by atoms with van der Waals surface area (Å²) in [5, 5.41) is 14.0. The van der Waals surface area contributed by atoms with E-state index in [9.17, 15) is 9.59 Å². The Hall–Kier alpha value is -1.30. The predicted octanol–water partition coefficient (Wildman–Crippen LogP) is 0.489. The van der Waals surface area contributed by atoms with Crippen LogP contribution in [0.15, 0.2) is 0 Å². The van der Waals surface area contributed by atoms with Gasteiger partial charge in [0.25, 0.3) is 0 Å². The van der Waals surface area contributed by atoms with Gasteiger partial charge in [-0.05, 0) is 27.4 Å². The van der Waals surface area contributed by atoms with Gasteiger partial charge in [0.1, 0.15) is 0 Å². The highest BCUT2D eigenvalue weighted by Gasteiger charge is 2.14. The van der Waals surface area contributed by atoms with Gasteiger partial charge >= 0.3 is 12.0 Å². The standard InChI is InChI=1S/C11H23N3O3/c1-5-9(6-10(15)16)13-11(17)12-7-8(2)14(3)4/h8-9H,5-7H2,1-4H3,(H,15,16)(H2,12,13,17). The minimum absolute atomic E-state index is 0.0485. The summed E-state index contributed by atoms with van der Waals surface area (Å²) in [6, 6.07) is -0.394. The molecule has 0 saturated carbocycles. The summed E-state index contributed by atoms with van der Waals surface area (Å²) in [4.78, 5) is 24.0. The second kappa shape index (κ2) is 7.89. The number of carboxylic acid groups (broad SMARTS) is 1. The van der Waals surface area contributed by atoms with E-state index in [0.29, 0.717) is 13.0 Å². The van der Waals surface area contributed by atoms with Gasteiger partial charge in [-0.25, -0.2) is 4.79 Å². The van der Waals surface area contributed by atoms with E-state index >= 15 is 0 Å². The zero-order valence-corrected chi connectivity index (χ0v) is 11.0. The molecule has 0 aromatic rings. The van der Waals surface area contributed by atoms with Crippen molar-refractivity contribution in [2.24, 2.45) is 0 Å². The topological polar surface area (TPSA) is 81.7 Å². The number of carboxylic acids is 1. The lowest BCUT2D eigenvalue weighted by Crippen LogP contribution is -2.46. The lowest BCUT2D eigenvalue weighted by molar-refractivity contribution is -0.137. The Bertz CT molecular complexity index is 256. The summed E-state index contributed by atoms with van der Waals surface area (Å²) in [5.41, 5.74) is 0. The minimum atomic E-state index is -0.904. The third-order valence-corrected chi connectivity index (χ3v) is 2.69. The molecule has 0 bridgehead atoms. The van der Waals surface area contributed by atoms with Crippen LogP contribution in [0.25, 0.3) is 0 Å². The summed E-state index contributed by atoms with van der Waals surface area (Å²) in [6.07, 6.45) is 0.552. The maximum absolute atomic E-state index is 11.5. The number of carbonyl (C=O) groups is 2. The Morgan fingerprint density at radius 2 is 1.94 bits per heavy atom. The van der Waals surface area contributed by atoms with Crippen molar-refractivity contribution in [3.63, 3.8) is 0 Å². The number of urea groups is 1. The van der Waals surface area contributed by atoms with E-state index in [1.807, 2.05) is 32.8 Å². The smallest absolute Gasteiger partial charge is 0.315 e. The van der Waals surface area contributed by atoms with Gasteiger partial charge in [-0.15, -0.1) is 0 Å². The van der Waals surface area contributed by atoms with Gasteiger partial charge in [0, 0.05) is 18.6 Å². The second-order valence-electron chi connectivity index (χ2n) is 4.37. The fourth-order valence-electron chi connectivity index (χ4n) is 1.17. The zero-order chi connectivity index (χ0) is 13.4. The van der Waals surface area contributed by atoms with Crippen molar-refractivity contribution in [3.8, 4) is 0 Å². The van der Waals surface area contributed by atoms with Crippen molar-refractivity contribution in [1.29, 1.82) is 0 Å². The van der Waals surface area contributed by atoms with Crippen LogP contribution in [0.4, 0.5) is 4.79 Å². The quantitative estimate of drug-likeness (QED) is 0.609. The Kier molecular flexibility index (Phi) is 7.29. The van der Waals surface area contributed by atoms with Crippen molar-refractivity contribution in [2.45, 2.75) is 38.8 Å². The summed E-state index contributed by atoms with van der Waals surface area (Å²) in [6.45, 7) is 4.37. The first-order valence-corrected chi connectivity index (χ1v) is 5.79. The Balaban J connectivity index is 3.94. The Labute approximate surface area is 102 Å². The monoisotopic (exact) mass is 245 g/mol. The number of aliphatic carboxylic acids is 1. The number of likely N-dealkylation sites (N-methyl/N-ethyl adjacent to an activating group) is 1. The van der Waals surface area contributed by atoms with Crippen LogP contribution in [0.1, 0.15) is 26.7 Å². The molecule has 0 spiro atoms. The van der Waals surface area contributed by atoms with Gasteiger partial charge < -0.3 is 20.6 Å². The normalized spacial score (nSPS) is 14.2. The van der Waals surface area contributed by atoms with Crippen LogP contribution >= 0.6 is 0 Å². The van der Waals surface area contributed by atoms with Crippen molar-refractivity contribution < 1.29 is 14.7 Å². The van der Waals surface area contributed by atoms with Crippen molar-refractivity contribution in [3.05, 3.63) is 0 Å². The third kappa shape index (κ3) is 7.57. The highest BCUT2D eigenvalue weighted by molar-refractivity contribution is 5.75. The number of hydrogen-bond donors (Lipinski definition) is 3. The van der Waals surface area contributed by atoms with E-state index < -0.39 is 5.97 Å². The first-order valence-electron chi connectivity index (χ1n) is 5.79. The second-order valence-corrected chi connectivity index (χ2v) is 4.37. The SMILES string of the molecule is CCC(CC(=O)O)NC(=O)NCC(C)N(C)C. The van der Waals surface area contributed by atoms with Crippen LogP contribution in [0.2, 0.25) is 0 Å². The van der Waals surface area contributed by atoms with Crippen molar-refractivity contribution in [2.75, 3.05) is 20.6 Å². The maximum atomic E-state index is 11.5. The average Bonchev–Trinajstić information content (AvgIpc) is 2.23. The highest BCUT2D eigenvalue weighted by atomic mass is 16.4. The summed E-state index contributed by atoms with van der Waals surface area (Å²) >= 11 is 0. The molecule has 0 aromatic heterocycles. The predicted molar refractivity (Wildman–Crippen MR) is 66.0 cm³/mol. The molecule has 0 aromatic carbocycles. The van der Waals surface area contributed by atoms with Crippen LogP contribution in [-0.2, 0) is 4.79 Å². The lowest BCUT2D eigenvalue weighted by Gasteiger charge is -2.21. The summed E-state index contributed by atoms with van der Waals surface area (Å²) in [5.74, 6) is -0.904. The molecule has 100 valence electrons. The van der Waals surface area contributed by atoms with Crippen LogP contribution in [0, 0.1) is 0 Å². The summed E-state index contributed by atoms with van der Waals surface area (Å²) < 4.78 is 0. The number of hydrogen-bond acceptors (Lipinski definition) is 3. The maximum Gasteiger partial charge on any atom is 0.315 e. The molecule has 3 N–H and O–H groups in total. The fourth-order valence-corrected chi connectivity index (χ4v) is 1.17. The van der Waals surface area contributed by atoms with Gasteiger partial charge in [-0.2, -0.15) is 0 Å². The number of nitrogens with zero attached hydrogens (tertiary/aromatic N) is 1. The van der Waals surface area contributed by atoms with Gasteiger partial charge in [-0.1, -0.05) is 6.92 Å². The molecular formula is C11H23N3O3. The number of carbonyl (C=O) groups excluding carboxylic acids is 1. The molecule has 2 amide bonds. The lowest BCUT2D eigenvalue weighted by atomic mass is 10.1. The first kappa shape index (κ1) is 15.7. The minimum Gasteiger partial charge on any atom is -0.481 e. The molecular weight excluding hydrogens is 222 g/mol. The summed E-state index contributed by atoms with van der Waals surface area (Å²) in [7, 11) is 3.87. The molecule has 2 unspecified atom stereocenters. The van der Waals surface area contributed by atoms with E-state index in [-0.39, 0.29) is 24.5 Å². The van der Waals surface area contributed by atoms with Gasteiger partial charge in [0.05, 0.1) is 6.42 Å². The molecule has 0 heterocycles. The van der Waals surface area contributed by atoms with Gasteiger partial charge in [-0.3, -0.25) is 4.79 Å². The Morgan fingerprint density at radius 3 is 2.35 bits per heavy atom. The molecule has 0 saturated heterocycles. The zero-order valence-electron chi connectivity index (χ0n) is 11.0. The third-order valence-electron chi connectivity index (χ3n) is 2.69. The molecule has 2 atom stereocenters. The molecule has 6 heteroatoms. The number of rotatable bonds is 7. The van der Waals surface area contributed by atoms with Crippen LogP contribution in [0.5, 0.6) is 0 Å². The number of amides is 2. The van der Waals surface area contributed by atoms with E-state index in [2.05, 4.69) is 10.6 Å². The van der Waals surface area contributed by atoms with Crippen LogP contribution in [0.3, 0.4) is 0 Å². The molecule has 0 rings (SSSR count). The highest BCUT2D eigenvalue weighted by Crippen LogP contribution is 1.97.